The first-order valence-corrected chi connectivity index (χ1v) is 9.65. The molecule has 2 bridgehead atoms. The molecule has 0 aromatic carbocycles. The van der Waals surface area contributed by atoms with Crippen LogP contribution in [0.1, 0.15) is 60.3 Å². The molecule has 0 spiro atoms. The second-order valence-corrected chi connectivity index (χ2v) is 9.50. The first-order chi connectivity index (χ1) is 11.0. The molecule has 4 atom stereocenters. The molecule has 0 N–H and O–H groups in total. The second-order valence-electron chi connectivity index (χ2n) is 9.50. The predicted octanol–water partition coefficient (Wildman–Crippen LogP) is 3.64. The molecule has 0 aliphatic heterocycles. The zero-order valence-corrected chi connectivity index (χ0v) is 16.9. The summed E-state index contributed by atoms with van der Waals surface area (Å²) in [5, 5.41) is 0. The van der Waals surface area contributed by atoms with Crippen molar-refractivity contribution in [1.29, 1.82) is 0 Å². The van der Waals surface area contributed by atoms with E-state index in [1.54, 1.807) is 0 Å². The average Bonchev–Trinajstić information content (AvgIpc) is 2.79. The first kappa shape index (κ1) is 19.7. The Morgan fingerprint density at radius 1 is 1.29 bits per heavy atom. The number of nitrogens with zero attached hydrogens (tertiary/aromatic N) is 1. The summed E-state index contributed by atoms with van der Waals surface area (Å²) in [5.41, 5.74) is 0.701. The topological polar surface area (TPSA) is 35.5 Å². The van der Waals surface area contributed by atoms with Gasteiger partial charge in [-0.05, 0) is 49.4 Å². The lowest BCUT2D eigenvalue weighted by molar-refractivity contribution is -0.883. The van der Waals surface area contributed by atoms with Gasteiger partial charge in [-0.2, -0.15) is 0 Å². The Balaban J connectivity index is 1.78. The molecule has 0 heterocycles. The molecule has 0 amide bonds. The van der Waals surface area contributed by atoms with Gasteiger partial charge in [0, 0.05) is 0 Å². The largest absolute Gasteiger partial charge is 0.459 e. The molecule has 2 aliphatic carbocycles. The second kappa shape index (κ2) is 6.95. The van der Waals surface area contributed by atoms with Crippen LogP contribution in [-0.2, 0) is 14.3 Å². The fourth-order valence-electron chi connectivity index (χ4n) is 4.60. The Morgan fingerprint density at radius 3 is 2.46 bits per heavy atom. The van der Waals surface area contributed by atoms with Gasteiger partial charge in [0.25, 0.3) is 0 Å². The van der Waals surface area contributed by atoms with Gasteiger partial charge in [0.05, 0.1) is 32.9 Å². The van der Waals surface area contributed by atoms with Crippen LogP contribution in [0.25, 0.3) is 0 Å². The van der Waals surface area contributed by atoms with Crippen LogP contribution in [0.5, 0.6) is 0 Å². The number of quaternary nitrogens is 1. The molecular weight excluding hydrogens is 302 g/mol. The average molecular weight is 341 g/mol. The number of fused-ring (bicyclic) bond motifs is 2. The summed E-state index contributed by atoms with van der Waals surface area (Å²) in [6, 6.07) is 0. The third-order valence-corrected chi connectivity index (χ3v) is 7.19. The minimum Gasteiger partial charge on any atom is -0.459 e. The van der Waals surface area contributed by atoms with Crippen LogP contribution in [0.4, 0.5) is 0 Å². The van der Waals surface area contributed by atoms with Crippen molar-refractivity contribution in [1.82, 2.24) is 0 Å². The van der Waals surface area contributed by atoms with Crippen LogP contribution in [-0.4, -0.2) is 56.5 Å². The molecule has 4 nitrogen and oxygen atoms in total. The summed E-state index contributed by atoms with van der Waals surface area (Å²) in [7, 11) is 4.15. The van der Waals surface area contributed by atoms with Gasteiger partial charge in [-0.1, -0.05) is 27.7 Å². The van der Waals surface area contributed by atoms with E-state index < -0.39 is 0 Å². The number of hydrogen-bond donors (Lipinski definition) is 0. The summed E-state index contributed by atoms with van der Waals surface area (Å²) in [4.78, 5) is 12.0. The van der Waals surface area contributed by atoms with Crippen molar-refractivity contribution in [3.05, 3.63) is 0 Å². The Hall–Kier alpha value is -0.610. The summed E-state index contributed by atoms with van der Waals surface area (Å²) >= 11 is 0. The third-order valence-electron chi connectivity index (χ3n) is 7.19. The minimum atomic E-state index is -0.109. The van der Waals surface area contributed by atoms with Crippen LogP contribution >= 0.6 is 0 Å². The third kappa shape index (κ3) is 3.80. The first-order valence-electron chi connectivity index (χ1n) is 9.65. The van der Waals surface area contributed by atoms with Crippen molar-refractivity contribution in [2.24, 2.45) is 16.7 Å². The molecule has 2 fully saturated rings. The van der Waals surface area contributed by atoms with E-state index in [0.717, 1.165) is 18.9 Å². The van der Waals surface area contributed by atoms with Gasteiger partial charge in [0.15, 0.2) is 6.54 Å². The fraction of sp³-hybridized carbons (Fsp3) is 0.950. The number of carbonyl (C=O) groups is 1. The van der Waals surface area contributed by atoms with Crippen molar-refractivity contribution >= 4 is 5.97 Å². The zero-order valence-electron chi connectivity index (χ0n) is 16.9. The lowest BCUT2D eigenvalue weighted by Gasteiger charge is -2.39. The monoisotopic (exact) mass is 340 g/mol. The molecule has 0 radical (unpaired) electrons. The highest BCUT2D eigenvalue weighted by Gasteiger charge is 2.61. The normalized spacial score (nSPS) is 32.8. The molecule has 0 aromatic heterocycles. The summed E-state index contributed by atoms with van der Waals surface area (Å²) in [6.07, 6.45) is 5.08. The van der Waals surface area contributed by atoms with Gasteiger partial charge in [-0.15, -0.1) is 0 Å². The highest BCUT2D eigenvalue weighted by atomic mass is 16.5. The number of hydrogen-bond acceptors (Lipinski definition) is 3. The molecule has 24 heavy (non-hydrogen) atoms. The summed E-state index contributed by atoms with van der Waals surface area (Å²) in [5.74, 6) is 0.697. The Kier molecular flexibility index (Phi) is 5.71. The van der Waals surface area contributed by atoms with E-state index in [0.29, 0.717) is 34.6 Å². The van der Waals surface area contributed by atoms with E-state index in [1.807, 2.05) is 13.8 Å². The van der Waals surface area contributed by atoms with E-state index >= 15 is 0 Å². The van der Waals surface area contributed by atoms with Gasteiger partial charge in [0.2, 0.25) is 0 Å². The smallest absolute Gasteiger partial charge is 0.362 e. The Bertz CT molecular complexity index is 460. The highest BCUT2D eigenvalue weighted by Crippen LogP contribution is 2.66. The van der Waals surface area contributed by atoms with Gasteiger partial charge < -0.3 is 14.0 Å². The maximum Gasteiger partial charge on any atom is 0.362 e. The number of esters is 1. The standard InChI is InChI=1S/C20H38NO3/c1-8-15(2)24-18(22)14-21(6,7)11-12-23-17-13-16-9-10-20(17,5)19(16,3)4/h15-17H,8-14H2,1-7H3/q+1/t15-,16-,17-,20-/m0/s1. The molecule has 0 saturated heterocycles. The molecule has 2 aliphatic rings. The van der Waals surface area contributed by atoms with Crippen molar-refractivity contribution in [2.45, 2.75) is 72.5 Å². The van der Waals surface area contributed by atoms with E-state index in [1.165, 1.54) is 19.3 Å². The van der Waals surface area contributed by atoms with Crippen LogP contribution in [0.3, 0.4) is 0 Å². The molecule has 2 saturated carbocycles. The Labute approximate surface area is 148 Å². The van der Waals surface area contributed by atoms with Crippen LogP contribution in [0.2, 0.25) is 0 Å². The quantitative estimate of drug-likeness (QED) is 0.500. The van der Waals surface area contributed by atoms with Gasteiger partial charge in [-0.3, -0.25) is 0 Å². The minimum absolute atomic E-state index is 0.00460. The zero-order chi connectivity index (χ0) is 18.2. The number of likely N-dealkylation sites (N-methyl/N-ethyl adjacent to an activating group) is 1. The van der Waals surface area contributed by atoms with E-state index in [9.17, 15) is 4.79 Å². The SMILES string of the molecule is CC[C@H](C)OC(=O)C[N+](C)(C)CCO[C@H]1C[C@@H]2CC[C@]1(C)C2(C)C. The van der Waals surface area contributed by atoms with Crippen LogP contribution < -0.4 is 0 Å². The Morgan fingerprint density at radius 2 is 1.96 bits per heavy atom. The maximum atomic E-state index is 12.0. The summed E-state index contributed by atoms with van der Waals surface area (Å²) < 4.78 is 12.3. The predicted molar refractivity (Wildman–Crippen MR) is 96.7 cm³/mol. The number of carbonyl (C=O) groups excluding carboxylic acids is 1. The van der Waals surface area contributed by atoms with E-state index in [-0.39, 0.29) is 12.1 Å². The lowest BCUT2D eigenvalue weighted by Crippen LogP contribution is -2.48. The molecule has 0 unspecified atom stereocenters. The van der Waals surface area contributed by atoms with Gasteiger partial charge >= 0.3 is 5.97 Å². The van der Waals surface area contributed by atoms with Gasteiger partial charge in [-0.25, -0.2) is 4.79 Å². The van der Waals surface area contributed by atoms with E-state index in [4.69, 9.17) is 9.47 Å². The fourth-order valence-corrected chi connectivity index (χ4v) is 4.60. The number of rotatable bonds is 8. The van der Waals surface area contributed by atoms with Crippen molar-refractivity contribution < 1.29 is 18.8 Å². The highest BCUT2D eigenvalue weighted by molar-refractivity contribution is 5.70. The molecular formula is C20H38NO3+. The molecule has 4 heteroatoms. The molecule has 140 valence electrons. The van der Waals surface area contributed by atoms with Crippen molar-refractivity contribution in [3.63, 3.8) is 0 Å². The van der Waals surface area contributed by atoms with Crippen LogP contribution in [0, 0.1) is 16.7 Å². The number of ether oxygens (including phenoxy) is 2. The van der Waals surface area contributed by atoms with Crippen molar-refractivity contribution in [3.8, 4) is 0 Å². The lowest BCUT2D eigenvalue weighted by atomic mass is 9.70. The maximum absolute atomic E-state index is 12.0. The summed E-state index contributed by atoms with van der Waals surface area (Å²) in [6.45, 7) is 13.2. The van der Waals surface area contributed by atoms with Gasteiger partial charge in [0.1, 0.15) is 6.54 Å². The van der Waals surface area contributed by atoms with Crippen LogP contribution in [0.15, 0.2) is 0 Å². The molecule has 0 aromatic rings. The molecule has 2 rings (SSSR count). The van der Waals surface area contributed by atoms with Crippen molar-refractivity contribution in [2.75, 3.05) is 33.8 Å². The van der Waals surface area contributed by atoms with E-state index in [2.05, 4.69) is 34.9 Å².